The minimum Gasteiger partial charge on any atom is -0.368 e. The molecule has 0 radical (unpaired) electrons. The standard InChI is InChI=1S/C5H7N3S/c1-9-4-2-3-7-5(6)8-4/h2-3H,1H3,(H2,6,7,8). The Hall–Kier alpha value is -0.770. The van der Waals surface area contributed by atoms with Gasteiger partial charge in [-0.05, 0) is 12.3 Å². The molecule has 0 aliphatic carbocycles. The van der Waals surface area contributed by atoms with Gasteiger partial charge in [0, 0.05) is 6.20 Å². The molecule has 4 heteroatoms. The Morgan fingerprint density at radius 1 is 1.67 bits per heavy atom. The van der Waals surface area contributed by atoms with E-state index in [9.17, 15) is 0 Å². The van der Waals surface area contributed by atoms with Crippen molar-refractivity contribution in [3.8, 4) is 0 Å². The molecule has 1 aromatic rings. The molecule has 0 amide bonds. The minimum atomic E-state index is 0.335. The molecule has 1 rings (SSSR count). The van der Waals surface area contributed by atoms with Crippen molar-refractivity contribution in [2.24, 2.45) is 0 Å². The van der Waals surface area contributed by atoms with Gasteiger partial charge in [-0.3, -0.25) is 0 Å². The SMILES string of the molecule is CSc1ccnc(N)n1. The van der Waals surface area contributed by atoms with E-state index in [1.807, 2.05) is 12.3 Å². The van der Waals surface area contributed by atoms with E-state index in [0.717, 1.165) is 5.03 Å². The van der Waals surface area contributed by atoms with Gasteiger partial charge in [-0.2, -0.15) is 0 Å². The van der Waals surface area contributed by atoms with Crippen molar-refractivity contribution in [1.29, 1.82) is 0 Å². The number of anilines is 1. The zero-order valence-corrected chi connectivity index (χ0v) is 5.85. The van der Waals surface area contributed by atoms with Gasteiger partial charge in [-0.15, -0.1) is 11.8 Å². The predicted molar refractivity (Wildman–Crippen MR) is 38.2 cm³/mol. The summed E-state index contributed by atoms with van der Waals surface area (Å²) in [5.74, 6) is 0.335. The molecule has 9 heavy (non-hydrogen) atoms. The molecule has 0 unspecified atom stereocenters. The summed E-state index contributed by atoms with van der Waals surface area (Å²) in [5, 5.41) is 0.905. The van der Waals surface area contributed by atoms with Crippen LogP contribution in [0.1, 0.15) is 0 Å². The molecule has 0 spiro atoms. The lowest BCUT2D eigenvalue weighted by atomic mass is 10.7. The molecule has 3 nitrogen and oxygen atoms in total. The second kappa shape index (κ2) is 2.68. The number of hydrogen-bond donors (Lipinski definition) is 1. The number of nitrogens with zero attached hydrogens (tertiary/aromatic N) is 2. The molecule has 48 valence electrons. The Bertz CT molecular complexity index is 201. The molecular formula is C5H7N3S. The molecule has 0 aliphatic rings. The number of hydrogen-bond acceptors (Lipinski definition) is 4. The second-order valence-corrected chi connectivity index (χ2v) is 2.28. The van der Waals surface area contributed by atoms with E-state index in [0.29, 0.717) is 5.95 Å². The molecule has 0 aliphatic heterocycles. The summed E-state index contributed by atoms with van der Waals surface area (Å²) in [5.41, 5.74) is 5.30. The summed E-state index contributed by atoms with van der Waals surface area (Å²) < 4.78 is 0. The lowest BCUT2D eigenvalue weighted by molar-refractivity contribution is 1.07. The highest BCUT2D eigenvalue weighted by molar-refractivity contribution is 7.98. The molecule has 0 atom stereocenters. The molecule has 0 fully saturated rings. The predicted octanol–water partition coefficient (Wildman–Crippen LogP) is 0.781. The maximum Gasteiger partial charge on any atom is 0.221 e. The first kappa shape index (κ1) is 6.35. The third-order valence-electron chi connectivity index (χ3n) is 0.858. The largest absolute Gasteiger partial charge is 0.368 e. The number of aromatic nitrogens is 2. The van der Waals surface area contributed by atoms with E-state index < -0.39 is 0 Å². The Morgan fingerprint density at radius 3 is 2.89 bits per heavy atom. The third-order valence-corrected chi connectivity index (χ3v) is 1.50. The highest BCUT2D eigenvalue weighted by Crippen LogP contribution is 2.09. The molecular weight excluding hydrogens is 134 g/mol. The fourth-order valence-electron chi connectivity index (χ4n) is 0.470. The second-order valence-electron chi connectivity index (χ2n) is 1.46. The molecule has 2 N–H and O–H groups in total. The van der Waals surface area contributed by atoms with Crippen LogP contribution in [0.3, 0.4) is 0 Å². The van der Waals surface area contributed by atoms with Crippen LogP contribution in [0, 0.1) is 0 Å². The number of rotatable bonds is 1. The average molecular weight is 141 g/mol. The highest BCUT2D eigenvalue weighted by atomic mass is 32.2. The van der Waals surface area contributed by atoms with Crippen LogP contribution >= 0.6 is 11.8 Å². The summed E-state index contributed by atoms with van der Waals surface area (Å²) in [6.07, 6.45) is 3.59. The third kappa shape index (κ3) is 1.57. The van der Waals surface area contributed by atoms with Crippen molar-refractivity contribution in [2.45, 2.75) is 5.03 Å². The van der Waals surface area contributed by atoms with Crippen molar-refractivity contribution in [3.63, 3.8) is 0 Å². The number of nitrogen functional groups attached to an aromatic ring is 1. The Balaban J connectivity index is 2.94. The zero-order chi connectivity index (χ0) is 6.69. The van der Waals surface area contributed by atoms with Crippen molar-refractivity contribution in [3.05, 3.63) is 12.3 Å². The average Bonchev–Trinajstić information content (AvgIpc) is 1.88. The molecule has 0 aromatic carbocycles. The Morgan fingerprint density at radius 2 is 2.44 bits per heavy atom. The van der Waals surface area contributed by atoms with Crippen LogP contribution in [0.25, 0.3) is 0 Å². The lowest BCUT2D eigenvalue weighted by Gasteiger charge is -1.92. The van der Waals surface area contributed by atoms with Crippen LogP contribution in [-0.2, 0) is 0 Å². The quantitative estimate of drug-likeness (QED) is 0.464. The fraction of sp³-hybridized carbons (Fsp3) is 0.200. The normalized spacial score (nSPS) is 9.44. The van der Waals surface area contributed by atoms with Gasteiger partial charge in [0.2, 0.25) is 5.95 Å². The first-order chi connectivity index (χ1) is 4.33. The van der Waals surface area contributed by atoms with Gasteiger partial charge in [0.25, 0.3) is 0 Å². The van der Waals surface area contributed by atoms with E-state index in [1.165, 1.54) is 0 Å². The molecule has 0 saturated heterocycles. The van der Waals surface area contributed by atoms with Gasteiger partial charge in [0.15, 0.2) is 0 Å². The molecule has 1 aromatic heterocycles. The number of thioether (sulfide) groups is 1. The molecule has 0 bridgehead atoms. The monoisotopic (exact) mass is 141 g/mol. The van der Waals surface area contributed by atoms with Crippen LogP contribution in [0.2, 0.25) is 0 Å². The van der Waals surface area contributed by atoms with Crippen LogP contribution in [0.15, 0.2) is 17.3 Å². The van der Waals surface area contributed by atoms with E-state index >= 15 is 0 Å². The molecule has 1 heterocycles. The first-order valence-electron chi connectivity index (χ1n) is 2.45. The van der Waals surface area contributed by atoms with Crippen LogP contribution in [0.4, 0.5) is 5.95 Å². The zero-order valence-electron chi connectivity index (χ0n) is 5.03. The van der Waals surface area contributed by atoms with Crippen molar-refractivity contribution >= 4 is 17.7 Å². The van der Waals surface area contributed by atoms with E-state index in [2.05, 4.69) is 9.97 Å². The summed E-state index contributed by atoms with van der Waals surface area (Å²) in [4.78, 5) is 7.66. The summed E-state index contributed by atoms with van der Waals surface area (Å²) >= 11 is 1.55. The maximum absolute atomic E-state index is 5.30. The van der Waals surface area contributed by atoms with Gasteiger partial charge < -0.3 is 5.73 Å². The van der Waals surface area contributed by atoms with E-state index in [-0.39, 0.29) is 0 Å². The van der Waals surface area contributed by atoms with Gasteiger partial charge in [0.1, 0.15) is 5.03 Å². The van der Waals surface area contributed by atoms with Gasteiger partial charge in [0.05, 0.1) is 0 Å². The van der Waals surface area contributed by atoms with Gasteiger partial charge in [-0.1, -0.05) is 0 Å². The van der Waals surface area contributed by atoms with Gasteiger partial charge >= 0.3 is 0 Å². The smallest absolute Gasteiger partial charge is 0.221 e. The fourth-order valence-corrected chi connectivity index (χ4v) is 0.852. The van der Waals surface area contributed by atoms with Crippen molar-refractivity contribution < 1.29 is 0 Å². The summed E-state index contributed by atoms with van der Waals surface area (Å²) in [6, 6.07) is 1.82. The molecule has 0 saturated carbocycles. The highest BCUT2D eigenvalue weighted by Gasteiger charge is 1.89. The minimum absolute atomic E-state index is 0.335. The van der Waals surface area contributed by atoms with Crippen molar-refractivity contribution in [2.75, 3.05) is 12.0 Å². The van der Waals surface area contributed by atoms with Crippen molar-refractivity contribution in [1.82, 2.24) is 9.97 Å². The van der Waals surface area contributed by atoms with E-state index in [4.69, 9.17) is 5.73 Å². The maximum atomic E-state index is 5.30. The lowest BCUT2D eigenvalue weighted by Crippen LogP contribution is -1.93. The summed E-state index contributed by atoms with van der Waals surface area (Å²) in [6.45, 7) is 0. The first-order valence-corrected chi connectivity index (χ1v) is 3.68. The Kier molecular flexibility index (Phi) is 1.89. The Labute approximate surface area is 57.7 Å². The number of nitrogens with two attached hydrogens (primary N) is 1. The van der Waals surface area contributed by atoms with E-state index in [1.54, 1.807) is 18.0 Å². The van der Waals surface area contributed by atoms with Gasteiger partial charge in [-0.25, -0.2) is 9.97 Å². The van der Waals surface area contributed by atoms with Crippen LogP contribution in [-0.4, -0.2) is 16.2 Å². The van der Waals surface area contributed by atoms with Crippen LogP contribution in [0.5, 0.6) is 0 Å². The van der Waals surface area contributed by atoms with Crippen LogP contribution < -0.4 is 5.73 Å². The topological polar surface area (TPSA) is 51.8 Å². The summed E-state index contributed by atoms with van der Waals surface area (Å²) in [7, 11) is 0.